The first-order valence-corrected chi connectivity index (χ1v) is 10.0. The Morgan fingerprint density at radius 3 is 2.26 bits per heavy atom. The van der Waals surface area contributed by atoms with Crippen molar-refractivity contribution in [2.45, 2.75) is 44.0 Å². The first kappa shape index (κ1) is 23.1. The number of carbonyl (C=O) groups excluding carboxylic acids is 2. The van der Waals surface area contributed by atoms with Gasteiger partial charge in [0, 0.05) is 13.7 Å². The molecule has 0 aromatic heterocycles. The zero-order valence-electron chi connectivity index (χ0n) is 16.4. The predicted octanol–water partition coefficient (Wildman–Crippen LogP) is 0.957. The van der Waals surface area contributed by atoms with E-state index in [2.05, 4.69) is 10.0 Å². The minimum atomic E-state index is -3.89. The van der Waals surface area contributed by atoms with E-state index < -0.39 is 34.5 Å². The molecule has 27 heavy (non-hydrogen) atoms. The Morgan fingerprint density at radius 2 is 1.74 bits per heavy atom. The lowest BCUT2D eigenvalue weighted by molar-refractivity contribution is -0.149. The summed E-state index contributed by atoms with van der Waals surface area (Å²) < 4.78 is 36.7. The molecule has 0 unspecified atom stereocenters. The van der Waals surface area contributed by atoms with Crippen LogP contribution < -0.4 is 10.0 Å². The van der Waals surface area contributed by atoms with Gasteiger partial charge in [-0.3, -0.25) is 9.59 Å². The van der Waals surface area contributed by atoms with Gasteiger partial charge in [0.25, 0.3) is 5.91 Å². The molecule has 0 spiro atoms. The first-order chi connectivity index (χ1) is 12.5. The third-order valence-electron chi connectivity index (χ3n) is 3.69. The molecule has 1 rings (SSSR count). The van der Waals surface area contributed by atoms with Gasteiger partial charge in [-0.15, -0.1) is 0 Å². The minimum absolute atomic E-state index is 0.0486. The van der Waals surface area contributed by atoms with Gasteiger partial charge >= 0.3 is 5.97 Å². The van der Waals surface area contributed by atoms with Gasteiger partial charge in [-0.2, -0.15) is 4.72 Å². The predicted molar refractivity (Wildman–Crippen MR) is 101 cm³/mol. The van der Waals surface area contributed by atoms with Crippen molar-refractivity contribution in [2.24, 2.45) is 0 Å². The molecular weight excluding hydrogens is 372 g/mol. The molecule has 152 valence electrons. The van der Waals surface area contributed by atoms with E-state index in [-0.39, 0.29) is 10.3 Å². The van der Waals surface area contributed by atoms with Crippen molar-refractivity contribution >= 4 is 21.9 Å². The zero-order valence-corrected chi connectivity index (χ0v) is 17.2. The smallest absolute Gasteiger partial charge is 0.324 e. The monoisotopic (exact) mass is 400 g/mol. The van der Waals surface area contributed by atoms with Gasteiger partial charge in [0.1, 0.15) is 6.04 Å². The number of hydrogen-bond acceptors (Lipinski definition) is 6. The molecule has 0 radical (unpaired) electrons. The summed E-state index contributed by atoms with van der Waals surface area (Å²) in [4.78, 5) is 23.4. The van der Waals surface area contributed by atoms with Gasteiger partial charge in [-0.05, 0) is 30.0 Å². The van der Waals surface area contributed by atoms with Crippen molar-refractivity contribution in [2.75, 3.05) is 26.9 Å². The summed E-state index contributed by atoms with van der Waals surface area (Å²) >= 11 is 0. The number of amides is 1. The van der Waals surface area contributed by atoms with Gasteiger partial charge in [0.15, 0.2) is 6.61 Å². The molecule has 1 aromatic carbocycles. The van der Waals surface area contributed by atoms with E-state index in [0.717, 1.165) is 5.56 Å². The molecule has 9 heteroatoms. The van der Waals surface area contributed by atoms with E-state index in [9.17, 15) is 18.0 Å². The summed E-state index contributed by atoms with van der Waals surface area (Å²) in [5.41, 5.74) is 0.893. The van der Waals surface area contributed by atoms with Gasteiger partial charge in [-0.25, -0.2) is 8.42 Å². The average molecular weight is 400 g/mol. The highest BCUT2D eigenvalue weighted by Crippen LogP contribution is 2.23. The first-order valence-electron chi connectivity index (χ1n) is 8.52. The Hall–Kier alpha value is -1.97. The topological polar surface area (TPSA) is 111 Å². The lowest BCUT2D eigenvalue weighted by Crippen LogP contribution is -2.41. The molecule has 0 heterocycles. The van der Waals surface area contributed by atoms with E-state index in [1.54, 1.807) is 12.1 Å². The van der Waals surface area contributed by atoms with Crippen LogP contribution in [0.15, 0.2) is 29.2 Å². The number of benzene rings is 1. The molecule has 0 saturated heterocycles. The van der Waals surface area contributed by atoms with Crippen LogP contribution in [0.1, 0.15) is 33.3 Å². The Balaban J connectivity index is 2.62. The molecule has 0 aliphatic rings. The maximum absolute atomic E-state index is 12.4. The maximum atomic E-state index is 12.4. The number of methoxy groups -OCH3 is 1. The standard InChI is InChI=1S/C18H28N2O6S/c1-13(17(22)26-12-16(21)19-10-11-25-5)20-27(23,24)15-8-6-14(7-9-15)18(2,3)4/h6-9,13,20H,10-12H2,1-5H3,(H,19,21)/t13-/m0/s1. The van der Waals surface area contributed by atoms with Crippen molar-refractivity contribution < 1.29 is 27.5 Å². The van der Waals surface area contributed by atoms with Crippen LogP contribution in [0.5, 0.6) is 0 Å². The van der Waals surface area contributed by atoms with Crippen LogP contribution in [0.4, 0.5) is 0 Å². The number of rotatable bonds is 9. The average Bonchev–Trinajstić information content (AvgIpc) is 2.58. The normalized spacial score (nSPS) is 13.1. The SMILES string of the molecule is COCCNC(=O)COC(=O)[C@H](C)NS(=O)(=O)c1ccc(C(C)(C)C)cc1. The van der Waals surface area contributed by atoms with Crippen molar-refractivity contribution in [1.82, 2.24) is 10.0 Å². The van der Waals surface area contributed by atoms with Crippen LogP contribution in [-0.4, -0.2) is 53.2 Å². The molecule has 8 nitrogen and oxygen atoms in total. The lowest BCUT2D eigenvalue weighted by Gasteiger charge is -2.19. The van der Waals surface area contributed by atoms with Crippen LogP contribution in [-0.2, 0) is 34.5 Å². The summed E-state index contributed by atoms with van der Waals surface area (Å²) in [5.74, 6) is -1.33. The Labute approximate surface area is 160 Å². The van der Waals surface area contributed by atoms with Crippen LogP contribution in [0.3, 0.4) is 0 Å². The lowest BCUT2D eigenvalue weighted by atomic mass is 9.87. The second-order valence-electron chi connectivity index (χ2n) is 7.07. The number of ether oxygens (including phenoxy) is 2. The van der Waals surface area contributed by atoms with Gasteiger partial charge in [0.05, 0.1) is 11.5 Å². The van der Waals surface area contributed by atoms with Crippen molar-refractivity contribution in [3.05, 3.63) is 29.8 Å². The van der Waals surface area contributed by atoms with Gasteiger partial charge in [-0.1, -0.05) is 32.9 Å². The molecule has 1 aromatic rings. The third-order valence-corrected chi connectivity index (χ3v) is 5.25. The highest BCUT2D eigenvalue weighted by atomic mass is 32.2. The molecule has 0 saturated carbocycles. The highest BCUT2D eigenvalue weighted by Gasteiger charge is 2.24. The molecule has 1 atom stereocenters. The number of esters is 1. The fourth-order valence-electron chi connectivity index (χ4n) is 2.09. The fourth-order valence-corrected chi connectivity index (χ4v) is 3.28. The molecule has 2 N–H and O–H groups in total. The van der Waals surface area contributed by atoms with E-state index in [0.29, 0.717) is 13.2 Å². The molecule has 0 fully saturated rings. The molecule has 0 aliphatic carbocycles. The Bertz CT molecular complexity index is 738. The van der Waals surface area contributed by atoms with Crippen molar-refractivity contribution in [1.29, 1.82) is 0 Å². The van der Waals surface area contributed by atoms with Crippen molar-refractivity contribution in [3.63, 3.8) is 0 Å². The van der Waals surface area contributed by atoms with Gasteiger partial charge < -0.3 is 14.8 Å². The second-order valence-corrected chi connectivity index (χ2v) is 8.78. The fraction of sp³-hybridized carbons (Fsp3) is 0.556. The molecular formula is C18H28N2O6S. The zero-order chi connectivity index (χ0) is 20.7. The summed E-state index contributed by atoms with van der Waals surface area (Å²) in [5, 5.41) is 2.49. The van der Waals surface area contributed by atoms with E-state index >= 15 is 0 Å². The van der Waals surface area contributed by atoms with Crippen LogP contribution in [0.2, 0.25) is 0 Å². The summed E-state index contributed by atoms with van der Waals surface area (Å²) in [7, 11) is -2.39. The van der Waals surface area contributed by atoms with Gasteiger partial charge in [0.2, 0.25) is 10.0 Å². The van der Waals surface area contributed by atoms with Crippen LogP contribution in [0, 0.1) is 0 Å². The minimum Gasteiger partial charge on any atom is -0.454 e. The number of nitrogens with one attached hydrogen (secondary N) is 2. The second kappa shape index (κ2) is 9.82. The number of hydrogen-bond donors (Lipinski definition) is 2. The van der Waals surface area contributed by atoms with Crippen LogP contribution >= 0.6 is 0 Å². The molecule has 0 bridgehead atoms. The quantitative estimate of drug-likeness (QED) is 0.472. The van der Waals surface area contributed by atoms with E-state index in [1.165, 1.54) is 26.2 Å². The number of sulfonamides is 1. The third kappa shape index (κ3) is 7.66. The van der Waals surface area contributed by atoms with E-state index in [1.807, 2.05) is 20.8 Å². The summed E-state index contributed by atoms with van der Waals surface area (Å²) in [6.45, 7) is 7.57. The van der Waals surface area contributed by atoms with Crippen LogP contribution in [0.25, 0.3) is 0 Å². The Morgan fingerprint density at radius 1 is 1.15 bits per heavy atom. The number of carbonyl (C=O) groups is 2. The largest absolute Gasteiger partial charge is 0.454 e. The Kier molecular flexibility index (Phi) is 8.39. The summed E-state index contributed by atoms with van der Waals surface area (Å²) in [6, 6.07) is 5.32. The van der Waals surface area contributed by atoms with E-state index in [4.69, 9.17) is 9.47 Å². The highest BCUT2D eigenvalue weighted by molar-refractivity contribution is 7.89. The maximum Gasteiger partial charge on any atom is 0.324 e. The molecule has 0 aliphatic heterocycles. The summed E-state index contributed by atoms with van der Waals surface area (Å²) in [6.07, 6.45) is 0. The van der Waals surface area contributed by atoms with Crippen molar-refractivity contribution in [3.8, 4) is 0 Å². The molecule has 1 amide bonds.